The minimum Gasteiger partial charge on any atom is -0.492 e. The van der Waals surface area contributed by atoms with E-state index in [0.29, 0.717) is 13.0 Å². The largest absolute Gasteiger partial charge is 0.492 e. The third-order valence-corrected chi connectivity index (χ3v) is 4.69. The lowest BCUT2D eigenvalue weighted by Crippen LogP contribution is -2.13. The van der Waals surface area contributed by atoms with Crippen LogP contribution in [0.1, 0.15) is 29.7 Å². The highest BCUT2D eigenvalue weighted by atomic mass is 79.9. The molecule has 1 unspecified atom stereocenters. The van der Waals surface area contributed by atoms with Crippen LogP contribution >= 0.6 is 27.3 Å². The van der Waals surface area contributed by atoms with E-state index in [1.807, 2.05) is 35.7 Å². The molecule has 1 N–H and O–H groups in total. The fourth-order valence-corrected chi connectivity index (χ4v) is 3.40. The van der Waals surface area contributed by atoms with E-state index in [1.165, 1.54) is 11.3 Å². The zero-order chi connectivity index (χ0) is 15.2. The first kappa shape index (κ1) is 16.0. The highest BCUT2D eigenvalue weighted by Gasteiger charge is 2.21. The minimum absolute atomic E-state index is 0.475. The smallest absolute Gasteiger partial charge is 0.312 e. The van der Waals surface area contributed by atoms with E-state index in [0.717, 1.165) is 27.1 Å². The van der Waals surface area contributed by atoms with Crippen molar-refractivity contribution < 1.29 is 14.6 Å². The van der Waals surface area contributed by atoms with Gasteiger partial charge in [-0.05, 0) is 57.9 Å². The van der Waals surface area contributed by atoms with Crippen LogP contribution in [0.5, 0.6) is 5.75 Å². The number of halogens is 1. The molecule has 0 amide bonds. The number of thiophene rings is 1. The molecule has 0 aliphatic rings. The Balaban J connectivity index is 2.14. The lowest BCUT2D eigenvalue weighted by molar-refractivity contribution is -0.138. The average Bonchev–Trinajstić information content (AvgIpc) is 2.97. The van der Waals surface area contributed by atoms with Gasteiger partial charge in [0.15, 0.2) is 0 Å². The lowest BCUT2D eigenvalue weighted by atomic mass is 9.98. The summed E-state index contributed by atoms with van der Waals surface area (Å²) < 4.78 is 6.47. The van der Waals surface area contributed by atoms with Crippen LogP contribution < -0.4 is 4.74 Å². The number of aliphatic carboxylic acids is 1. The van der Waals surface area contributed by atoms with Gasteiger partial charge in [-0.1, -0.05) is 19.1 Å². The molecule has 0 spiro atoms. The maximum Gasteiger partial charge on any atom is 0.312 e. The Labute approximate surface area is 136 Å². The van der Waals surface area contributed by atoms with Crippen molar-refractivity contribution in [2.24, 2.45) is 0 Å². The first-order valence-electron chi connectivity index (χ1n) is 6.79. The summed E-state index contributed by atoms with van der Waals surface area (Å²) in [6.45, 7) is 2.73. The Morgan fingerprint density at radius 1 is 1.43 bits per heavy atom. The molecule has 0 fully saturated rings. The third-order valence-electron chi connectivity index (χ3n) is 3.08. The quantitative estimate of drug-likeness (QED) is 0.769. The van der Waals surface area contributed by atoms with Gasteiger partial charge in [0.05, 0.1) is 17.0 Å². The van der Waals surface area contributed by atoms with Crippen LogP contribution in [0.15, 0.2) is 40.2 Å². The van der Waals surface area contributed by atoms with Crippen molar-refractivity contribution in [1.29, 1.82) is 0 Å². The second kappa shape index (κ2) is 7.61. The summed E-state index contributed by atoms with van der Waals surface area (Å²) in [4.78, 5) is 12.3. The maximum absolute atomic E-state index is 11.5. The van der Waals surface area contributed by atoms with Crippen molar-refractivity contribution in [3.8, 4) is 5.75 Å². The molecule has 1 aromatic heterocycles. The predicted molar refractivity (Wildman–Crippen MR) is 88.3 cm³/mol. The molecule has 112 valence electrons. The topological polar surface area (TPSA) is 46.5 Å². The Morgan fingerprint density at radius 2 is 2.24 bits per heavy atom. The Hall–Kier alpha value is -1.33. The van der Waals surface area contributed by atoms with E-state index in [9.17, 15) is 9.90 Å². The van der Waals surface area contributed by atoms with Crippen molar-refractivity contribution >= 4 is 33.2 Å². The Morgan fingerprint density at radius 3 is 2.81 bits per heavy atom. The van der Waals surface area contributed by atoms with Gasteiger partial charge in [-0.3, -0.25) is 4.79 Å². The summed E-state index contributed by atoms with van der Waals surface area (Å²) in [6.07, 6.45) is 1.43. The molecular formula is C16H17BrO3S. The second-order valence-corrected chi connectivity index (χ2v) is 6.56. The molecular weight excluding hydrogens is 352 g/mol. The molecule has 1 atom stereocenters. The summed E-state index contributed by atoms with van der Waals surface area (Å²) in [5.74, 6) is -0.497. The van der Waals surface area contributed by atoms with Crippen LogP contribution in [-0.4, -0.2) is 17.7 Å². The van der Waals surface area contributed by atoms with Gasteiger partial charge in [0.2, 0.25) is 0 Å². The number of rotatable bonds is 7. The molecule has 0 saturated heterocycles. The van der Waals surface area contributed by atoms with Gasteiger partial charge in [0.1, 0.15) is 5.75 Å². The van der Waals surface area contributed by atoms with Crippen LogP contribution in [0, 0.1) is 0 Å². The van der Waals surface area contributed by atoms with Gasteiger partial charge < -0.3 is 9.84 Å². The molecule has 3 nitrogen and oxygen atoms in total. The van der Waals surface area contributed by atoms with E-state index in [4.69, 9.17) is 4.74 Å². The lowest BCUT2D eigenvalue weighted by Gasteiger charge is -2.13. The number of benzene rings is 1. The van der Waals surface area contributed by atoms with Crippen LogP contribution in [0.2, 0.25) is 0 Å². The summed E-state index contributed by atoms with van der Waals surface area (Å²) >= 11 is 4.96. The second-order valence-electron chi connectivity index (χ2n) is 4.72. The van der Waals surface area contributed by atoms with Crippen LogP contribution in [0.3, 0.4) is 0 Å². The molecule has 0 aliphatic carbocycles. The van der Waals surface area contributed by atoms with Gasteiger partial charge in [-0.25, -0.2) is 0 Å². The van der Waals surface area contributed by atoms with Gasteiger partial charge in [0.25, 0.3) is 0 Å². The van der Waals surface area contributed by atoms with Gasteiger partial charge in [-0.15, -0.1) is 11.3 Å². The number of carboxylic acid groups (broad SMARTS) is 1. The van der Waals surface area contributed by atoms with E-state index in [1.54, 1.807) is 0 Å². The third kappa shape index (κ3) is 4.32. The number of ether oxygens (including phenoxy) is 1. The SMILES string of the molecule is CCCOc1ccc(CC(C(=O)O)c2cccs2)cc1Br. The molecule has 0 bridgehead atoms. The number of hydrogen-bond acceptors (Lipinski definition) is 3. The normalized spacial score (nSPS) is 12.1. The van der Waals surface area contributed by atoms with Crippen molar-refractivity contribution in [3.63, 3.8) is 0 Å². The van der Waals surface area contributed by atoms with Gasteiger partial charge in [0, 0.05) is 4.88 Å². The molecule has 2 aromatic rings. The van der Waals surface area contributed by atoms with E-state index in [2.05, 4.69) is 22.9 Å². The van der Waals surface area contributed by atoms with E-state index >= 15 is 0 Å². The molecule has 2 rings (SSSR count). The maximum atomic E-state index is 11.5. The Bertz CT molecular complexity index is 596. The molecule has 0 aliphatic heterocycles. The number of carbonyl (C=O) groups is 1. The van der Waals surface area contributed by atoms with Gasteiger partial charge in [-0.2, -0.15) is 0 Å². The summed E-state index contributed by atoms with van der Waals surface area (Å²) in [6, 6.07) is 9.51. The van der Waals surface area contributed by atoms with Crippen molar-refractivity contribution in [2.75, 3.05) is 6.61 Å². The molecule has 1 heterocycles. The highest BCUT2D eigenvalue weighted by molar-refractivity contribution is 9.10. The van der Waals surface area contributed by atoms with E-state index in [-0.39, 0.29) is 0 Å². The van der Waals surface area contributed by atoms with Gasteiger partial charge >= 0.3 is 5.97 Å². The predicted octanol–water partition coefficient (Wildman–Crippen LogP) is 4.71. The molecule has 1 aromatic carbocycles. The summed E-state index contributed by atoms with van der Waals surface area (Å²) in [5.41, 5.74) is 0.978. The average molecular weight is 369 g/mol. The summed E-state index contributed by atoms with van der Waals surface area (Å²) in [5, 5.41) is 11.3. The van der Waals surface area contributed by atoms with Crippen molar-refractivity contribution in [3.05, 3.63) is 50.6 Å². The zero-order valence-corrected chi connectivity index (χ0v) is 14.1. The standard InChI is InChI=1S/C16H17BrO3S/c1-2-7-20-14-6-5-11(10-13(14)17)9-12(16(18)19)15-4-3-8-21-15/h3-6,8,10,12H,2,7,9H2,1H3,(H,18,19). The number of carboxylic acids is 1. The van der Waals surface area contributed by atoms with Crippen molar-refractivity contribution in [2.45, 2.75) is 25.7 Å². The Kier molecular flexibility index (Phi) is 5.82. The molecule has 5 heteroatoms. The van der Waals surface area contributed by atoms with E-state index < -0.39 is 11.9 Å². The van der Waals surface area contributed by atoms with Crippen LogP contribution in [-0.2, 0) is 11.2 Å². The molecule has 21 heavy (non-hydrogen) atoms. The minimum atomic E-state index is -0.792. The monoisotopic (exact) mass is 368 g/mol. The number of hydrogen-bond donors (Lipinski definition) is 1. The van der Waals surface area contributed by atoms with Crippen LogP contribution in [0.25, 0.3) is 0 Å². The first-order valence-corrected chi connectivity index (χ1v) is 8.46. The molecule has 0 radical (unpaired) electrons. The fraction of sp³-hybridized carbons (Fsp3) is 0.312. The fourth-order valence-electron chi connectivity index (χ4n) is 2.04. The first-order chi connectivity index (χ1) is 10.1. The molecule has 0 saturated carbocycles. The van der Waals surface area contributed by atoms with Crippen molar-refractivity contribution in [1.82, 2.24) is 0 Å². The zero-order valence-electron chi connectivity index (χ0n) is 11.7. The highest BCUT2D eigenvalue weighted by Crippen LogP contribution is 2.30. The van der Waals surface area contributed by atoms with Crippen LogP contribution in [0.4, 0.5) is 0 Å². The summed E-state index contributed by atoms with van der Waals surface area (Å²) in [7, 11) is 0.